The number of nitrogens with zero attached hydrogens (tertiary/aromatic N) is 3. The Morgan fingerprint density at radius 2 is 1.93 bits per heavy atom. The van der Waals surface area contributed by atoms with E-state index in [9.17, 15) is 9.59 Å². The Labute approximate surface area is 157 Å². The van der Waals surface area contributed by atoms with Crippen LogP contribution < -0.4 is 11.0 Å². The summed E-state index contributed by atoms with van der Waals surface area (Å²) in [6, 6.07) is 14.2. The van der Waals surface area contributed by atoms with Gasteiger partial charge in [-0.15, -0.1) is 0 Å². The van der Waals surface area contributed by atoms with Crippen LogP contribution >= 0.6 is 0 Å². The molecule has 0 saturated carbocycles. The van der Waals surface area contributed by atoms with Gasteiger partial charge in [0, 0.05) is 43.2 Å². The summed E-state index contributed by atoms with van der Waals surface area (Å²) >= 11 is 0. The number of aromatic amines is 1. The summed E-state index contributed by atoms with van der Waals surface area (Å²) in [5, 5.41) is 11.5. The number of carbonyl (C=O) groups excluding carboxylic acids is 1. The lowest BCUT2D eigenvalue weighted by molar-refractivity contribution is -0.116. The fraction of sp³-hybridized carbons (Fsp3) is 0.350. The SMILES string of the molecule is O=C(CCN1CCC(n2cn[nH]c2=O)CC1)Nc1cccc2ccccc12. The Bertz CT molecular complexity index is 980. The van der Waals surface area contributed by atoms with Gasteiger partial charge in [0.1, 0.15) is 6.33 Å². The third kappa shape index (κ3) is 3.93. The fourth-order valence-corrected chi connectivity index (χ4v) is 3.74. The van der Waals surface area contributed by atoms with Crippen molar-refractivity contribution in [2.75, 3.05) is 25.0 Å². The van der Waals surface area contributed by atoms with Gasteiger partial charge < -0.3 is 10.2 Å². The van der Waals surface area contributed by atoms with E-state index in [0.717, 1.165) is 48.9 Å². The molecule has 0 radical (unpaired) electrons. The number of benzene rings is 2. The van der Waals surface area contributed by atoms with E-state index in [2.05, 4.69) is 20.4 Å². The van der Waals surface area contributed by atoms with Crippen molar-refractivity contribution in [1.82, 2.24) is 19.7 Å². The lowest BCUT2D eigenvalue weighted by atomic mass is 10.0. The van der Waals surface area contributed by atoms with Gasteiger partial charge in [-0.1, -0.05) is 36.4 Å². The van der Waals surface area contributed by atoms with Crippen LogP contribution in [0.25, 0.3) is 10.8 Å². The van der Waals surface area contributed by atoms with Crippen LogP contribution in [0.1, 0.15) is 25.3 Å². The van der Waals surface area contributed by atoms with E-state index < -0.39 is 0 Å². The van der Waals surface area contributed by atoms with Gasteiger partial charge in [-0.25, -0.2) is 9.89 Å². The molecule has 4 rings (SSSR count). The van der Waals surface area contributed by atoms with Crippen LogP contribution in [0, 0.1) is 0 Å². The van der Waals surface area contributed by atoms with Crippen LogP contribution in [-0.4, -0.2) is 45.2 Å². The molecular weight excluding hydrogens is 342 g/mol. The maximum absolute atomic E-state index is 12.4. The zero-order valence-corrected chi connectivity index (χ0v) is 15.1. The highest BCUT2D eigenvalue weighted by atomic mass is 16.2. The van der Waals surface area contributed by atoms with Crippen molar-refractivity contribution in [3.8, 4) is 0 Å². The number of likely N-dealkylation sites (tertiary alicyclic amines) is 1. The number of H-pyrrole nitrogens is 1. The summed E-state index contributed by atoms with van der Waals surface area (Å²) < 4.78 is 1.67. The molecular formula is C20H23N5O2. The van der Waals surface area contributed by atoms with Crippen molar-refractivity contribution in [2.45, 2.75) is 25.3 Å². The Kier molecular flexibility index (Phi) is 5.02. The van der Waals surface area contributed by atoms with Gasteiger partial charge in [-0.05, 0) is 24.3 Å². The molecule has 27 heavy (non-hydrogen) atoms. The largest absolute Gasteiger partial charge is 0.343 e. The molecule has 1 amide bonds. The third-order valence-corrected chi connectivity index (χ3v) is 5.25. The van der Waals surface area contributed by atoms with Gasteiger partial charge in [-0.3, -0.25) is 9.36 Å². The Morgan fingerprint density at radius 1 is 1.15 bits per heavy atom. The van der Waals surface area contributed by atoms with Crippen LogP contribution in [0.2, 0.25) is 0 Å². The number of nitrogens with one attached hydrogen (secondary N) is 2. The quantitative estimate of drug-likeness (QED) is 0.727. The number of hydrogen-bond donors (Lipinski definition) is 2. The monoisotopic (exact) mass is 365 g/mol. The number of anilines is 1. The molecule has 0 unspecified atom stereocenters. The molecule has 1 saturated heterocycles. The first-order chi connectivity index (χ1) is 13.2. The van der Waals surface area contributed by atoms with Crippen molar-refractivity contribution in [3.05, 3.63) is 59.3 Å². The fourth-order valence-electron chi connectivity index (χ4n) is 3.74. The second-order valence-electron chi connectivity index (χ2n) is 6.97. The number of piperidine rings is 1. The van der Waals surface area contributed by atoms with Crippen molar-refractivity contribution >= 4 is 22.4 Å². The summed E-state index contributed by atoms with van der Waals surface area (Å²) in [5.41, 5.74) is 0.707. The van der Waals surface area contributed by atoms with E-state index >= 15 is 0 Å². The first-order valence-corrected chi connectivity index (χ1v) is 9.32. The zero-order valence-electron chi connectivity index (χ0n) is 15.1. The molecule has 2 aromatic carbocycles. The van der Waals surface area contributed by atoms with E-state index in [4.69, 9.17) is 0 Å². The molecule has 140 valence electrons. The van der Waals surface area contributed by atoms with Gasteiger partial charge in [0.15, 0.2) is 0 Å². The van der Waals surface area contributed by atoms with E-state index in [1.54, 1.807) is 10.9 Å². The van der Waals surface area contributed by atoms with Crippen molar-refractivity contribution in [3.63, 3.8) is 0 Å². The summed E-state index contributed by atoms with van der Waals surface area (Å²) in [4.78, 5) is 26.3. The molecule has 3 aromatic rings. The van der Waals surface area contributed by atoms with Crippen molar-refractivity contribution < 1.29 is 4.79 Å². The second kappa shape index (κ2) is 7.75. The average Bonchev–Trinajstić information content (AvgIpc) is 3.13. The first-order valence-electron chi connectivity index (χ1n) is 9.32. The molecule has 0 atom stereocenters. The van der Waals surface area contributed by atoms with Crippen LogP contribution in [0.15, 0.2) is 53.6 Å². The number of hydrogen-bond acceptors (Lipinski definition) is 4. The Balaban J connectivity index is 1.29. The summed E-state index contributed by atoms with van der Waals surface area (Å²) in [7, 11) is 0. The first kappa shape index (κ1) is 17.5. The maximum atomic E-state index is 12.4. The molecule has 7 nitrogen and oxygen atoms in total. The van der Waals surface area contributed by atoms with Crippen LogP contribution in [0.4, 0.5) is 5.69 Å². The number of aromatic nitrogens is 3. The van der Waals surface area contributed by atoms with Crippen LogP contribution in [-0.2, 0) is 4.79 Å². The normalized spacial score (nSPS) is 15.9. The molecule has 2 heterocycles. The van der Waals surface area contributed by atoms with E-state index in [0.29, 0.717) is 6.42 Å². The highest BCUT2D eigenvalue weighted by Crippen LogP contribution is 2.23. The highest BCUT2D eigenvalue weighted by Gasteiger charge is 2.22. The predicted octanol–water partition coefficient (Wildman–Crippen LogP) is 2.39. The molecule has 1 aliphatic heterocycles. The predicted molar refractivity (Wildman–Crippen MR) is 105 cm³/mol. The average molecular weight is 365 g/mol. The lowest BCUT2D eigenvalue weighted by Crippen LogP contribution is -2.38. The Morgan fingerprint density at radius 3 is 2.70 bits per heavy atom. The van der Waals surface area contributed by atoms with Crippen molar-refractivity contribution in [1.29, 1.82) is 0 Å². The van der Waals surface area contributed by atoms with Gasteiger partial charge in [0.25, 0.3) is 0 Å². The standard InChI is InChI=1S/C20H23N5O2/c26-19(22-18-7-3-5-15-4-1-2-6-17(15)18)10-13-24-11-8-16(9-12-24)25-14-21-23-20(25)27/h1-7,14,16H,8-13H2,(H,22,26)(H,23,27). The summed E-state index contributed by atoms with van der Waals surface area (Å²) in [6.45, 7) is 2.48. The van der Waals surface area contributed by atoms with E-state index in [-0.39, 0.29) is 17.6 Å². The number of fused-ring (bicyclic) bond motifs is 1. The van der Waals surface area contributed by atoms with E-state index in [1.807, 2.05) is 42.5 Å². The third-order valence-electron chi connectivity index (χ3n) is 5.25. The highest BCUT2D eigenvalue weighted by molar-refractivity contribution is 6.02. The molecule has 0 aliphatic carbocycles. The second-order valence-corrected chi connectivity index (χ2v) is 6.97. The zero-order chi connectivity index (χ0) is 18.6. The molecule has 0 bridgehead atoms. The van der Waals surface area contributed by atoms with Gasteiger partial charge >= 0.3 is 5.69 Å². The minimum absolute atomic E-state index is 0.0273. The van der Waals surface area contributed by atoms with Gasteiger partial charge in [0.05, 0.1) is 0 Å². The van der Waals surface area contributed by atoms with Crippen molar-refractivity contribution in [2.24, 2.45) is 0 Å². The Hall–Kier alpha value is -2.93. The molecule has 1 aromatic heterocycles. The van der Waals surface area contributed by atoms with Gasteiger partial charge in [0.2, 0.25) is 5.91 Å². The van der Waals surface area contributed by atoms with Crippen LogP contribution in [0.5, 0.6) is 0 Å². The lowest BCUT2D eigenvalue weighted by Gasteiger charge is -2.31. The minimum atomic E-state index is -0.150. The van der Waals surface area contributed by atoms with Crippen LogP contribution in [0.3, 0.4) is 0 Å². The molecule has 7 heteroatoms. The summed E-state index contributed by atoms with van der Waals surface area (Å²) in [6.07, 6.45) is 3.81. The van der Waals surface area contributed by atoms with E-state index in [1.165, 1.54) is 0 Å². The minimum Gasteiger partial charge on any atom is -0.325 e. The molecule has 0 spiro atoms. The number of rotatable bonds is 5. The molecule has 2 N–H and O–H groups in total. The molecule has 1 fully saturated rings. The summed E-state index contributed by atoms with van der Waals surface area (Å²) in [5.74, 6) is 0.0273. The number of amides is 1. The topological polar surface area (TPSA) is 83.0 Å². The maximum Gasteiger partial charge on any atom is 0.343 e. The van der Waals surface area contributed by atoms with Gasteiger partial charge in [-0.2, -0.15) is 5.10 Å². The smallest absolute Gasteiger partial charge is 0.325 e. The molecule has 1 aliphatic rings. The number of carbonyl (C=O) groups is 1.